The molecule has 1 aliphatic carbocycles. The van der Waals surface area contributed by atoms with Crippen LogP contribution in [0.4, 0.5) is 0 Å². The van der Waals surface area contributed by atoms with Crippen molar-refractivity contribution in [2.45, 2.75) is 38.6 Å². The molecule has 0 amide bonds. The summed E-state index contributed by atoms with van der Waals surface area (Å²) >= 11 is 0. The molecule has 26 heavy (non-hydrogen) atoms. The second-order valence-electron chi connectivity index (χ2n) is 7.42. The first-order valence-electron chi connectivity index (χ1n) is 9.82. The van der Waals surface area contributed by atoms with E-state index < -0.39 is 0 Å². The summed E-state index contributed by atoms with van der Waals surface area (Å²) in [5, 5.41) is 3.45. The van der Waals surface area contributed by atoms with E-state index in [0.717, 1.165) is 62.1 Å². The quantitative estimate of drug-likeness (QED) is 0.571. The monoisotopic (exact) mass is 360 g/mol. The predicted octanol–water partition coefficient (Wildman–Crippen LogP) is 2.69. The Morgan fingerprint density at radius 1 is 1.31 bits per heavy atom. The van der Waals surface area contributed by atoms with Crippen LogP contribution >= 0.6 is 0 Å². The molecule has 6 nitrogen and oxygen atoms in total. The molecule has 0 bridgehead atoms. The van der Waals surface area contributed by atoms with Crippen LogP contribution in [0.25, 0.3) is 0 Å². The fraction of sp³-hybridized carbons (Fsp3) is 0.700. The van der Waals surface area contributed by atoms with E-state index in [-0.39, 0.29) is 0 Å². The van der Waals surface area contributed by atoms with Crippen molar-refractivity contribution in [3.05, 3.63) is 23.9 Å². The first-order chi connectivity index (χ1) is 12.7. The van der Waals surface area contributed by atoms with E-state index in [4.69, 9.17) is 9.47 Å². The summed E-state index contributed by atoms with van der Waals surface area (Å²) in [6, 6.07) is 4.04. The van der Waals surface area contributed by atoms with Crippen LogP contribution in [0.3, 0.4) is 0 Å². The molecule has 144 valence electrons. The van der Waals surface area contributed by atoms with Crippen molar-refractivity contribution in [2.24, 2.45) is 16.8 Å². The van der Waals surface area contributed by atoms with Crippen molar-refractivity contribution in [1.82, 2.24) is 15.2 Å². The highest BCUT2D eigenvalue weighted by molar-refractivity contribution is 5.79. The summed E-state index contributed by atoms with van der Waals surface area (Å²) in [5.41, 5.74) is 1.16. The molecule has 1 saturated heterocycles. The number of hydrogen-bond acceptors (Lipinski definition) is 4. The summed E-state index contributed by atoms with van der Waals surface area (Å²) in [6.07, 6.45) is 7.95. The Kier molecular flexibility index (Phi) is 7.12. The van der Waals surface area contributed by atoms with Crippen LogP contribution in [0.2, 0.25) is 0 Å². The van der Waals surface area contributed by atoms with Crippen LogP contribution in [0, 0.1) is 11.8 Å². The van der Waals surface area contributed by atoms with Gasteiger partial charge in [-0.2, -0.15) is 0 Å². The molecular formula is C20H32N4O2. The van der Waals surface area contributed by atoms with Crippen LogP contribution in [0.5, 0.6) is 5.88 Å². The minimum Gasteiger partial charge on any atom is -0.477 e. The first kappa shape index (κ1) is 19.0. The van der Waals surface area contributed by atoms with E-state index in [0.29, 0.717) is 0 Å². The summed E-state index contributed by atoms with van der Waals surface area (Å²) in [5.74, 6) is 3.16. The molecule has 1 saturated carbocycles. The van der Waals surface area contributed by atoms with Gasteiger partial charge in [0.25, 0.3) is 0 Å². The molecule has 3 rings (SSSR count). The van der Waals surface area contributed by atoms with Crippen LogP contribution in [0.15, 0.2) is 23.3 Å². The lowest BCUT2D eigenvalue weighted by Crippen LogP contribution is -2.39. The molecule has 1 aromatic heterocycles. The number of aliphatic imine (C=N–C) groups is 1. The maximum atomic E-state index is 5.77. The minimum absolute atomic E-state index is 0.719. The van der Waals surface area contributed by atoms with Crippen LogP contribution in [0.1, 0.15) is 37.7 Å². The summed E-state index contributed by atoms with van der Waals surface area (Å²) in [7, 11) is 3.94. The largest absolute Gasteiger partial charge is 0.477 e. The van der Waals surface area contributed by atoms with Crippen molar-refractivity contribution in [1.29, 1.82) is 0 Å². The van der Waals surface area contributed by atoms with Gasteiger partial charge in [0.1, 0.15) is 0 Å². The standard InChI is InChI=1S/C20H32N4O2/c1-21-20(24(2)10-6-16-7-11-25-12-8-16)23-14-18-5-9-22-19(13-18)26-15-17-3-4-17/h5,9,13,16-17H,3-4,6-8,10-12,14-15H2,1-2H3,(H,21,23). The minimum atomic E-state index is 0.719. The van der Waals surface area contributed by atoms with Crippen molar-refractivity contribution in [2.75, 3.05) is 40.5 Å². The van der Waals surface area contributed by atoms with Gasteiger partial charge in [0.2, 0.25) is 5.88 Å². The molecule has 0 atom stereocenters. The molecule has 1 N–H and O–H groups in total. The van der Waals surface area contributed by atoms with Crippen molar-refractivity contribution in [3.63, 3.8) is 0 Å². The molecule has 1 aromatic rings. The lowest BCUT2D eigenvalue weighted by Gasteiger charge is -2.26. The van der Waals surface area contributed by atoms with Gasteiger partial charge >= 0.3 is 0 Å². The molecule has 0 aromatic carbocycles. The number of rotatable bonds is 8. The molecule has 2 aliphatic rings. The van der Waals surface area contributed by atoms with Gasteiger partial charge < -0.3 is 19.7 Å². The average Bonchev–Trinajstić information content (AvgIpc) is 3.51. The van der Waals surface area contributed by atoms with Crippen molar-refractivity contribution >= 4 is 5.96 Å². The number of pyridine rings is 1. The normalized spacial score (nSPS) is 18.6. The molecule has 2 heterocycles. The number of hydrogen-bond donors (Lipinski definition) is 1. The molecular weight excluding hydrogens is 328 g/mol. The number of guanidine groups is 1. The maximum absolute atomic E-state index is 5.77. The number of nitrogens with zero attached hydrogens (tertiary/aromatic N) is 3. The summed E-state index contributed by atoms with van der Waals surface area (Å²) < 4.78 is 11.2. The van der Waals surface area contributed by atoms with Gasteiger partial charge in [0, 0.05) is 52.7 Å². The molecule has 0 radical (unpaired) electrons. The Balaban J connectivity index is 1.42. The predicted molar refractivity (Wildman–Crippen MR) is 103 cm³/mol. The van der Waals surface area contributed by atoms with Gasteiger partial charge in [0.05, 0.1) is 6.61 Å². The zero-order valence-corrected chi connectivity index (χ0v) is 16.1. The molecule has 1 aliphatic heterocycles. The van der Waals surface area contributed by atoms with Gasteiger partial charge in [-0.25, -0.2) is 4.98 Å². The van der Waals surface area contributed by atoms with Gasteiger partial charge in [-0.05, 0) is 55.6 Å². The van der Waals surface area contributed by atoms with Gasteiger partial charge in [0.15, 0.2) is 5.96 Å². The highest BCUT2D eigenvalue weighted by Gasteiger charge is 2.22. The van der Waals surface area contributed by atoms with Crippen LogP contribution < -0.4 is 10.1 Å². The average molecular weight is 361 g/mol. The number of aromatic nitrogens is 1. The van der Waals surface area contributed by atoms with E-state index in [2.05, 4.69) is 27.2 Å². The molecule has 0 spiro atoms. The third kappa shape index (κ3) is 6.16. The van der Waals surface area contributed by atoms with Crippen LogP contribution in [-0.4, -0.2) is 56.3 Å². The molecule has 6 heteroatoms. The highest BCUT2D eigenvalue weighted by atomic mass is 16.5. The highest BCUT2D eigenvalue weighted by Crippen LogP contribution is 2.29. The first-order valence-corrected chi connectivity index (χ1v) is 9.82. The Bertz CT molecular complexity index is 583. The second kappa shape index (κ2) is 9.76. The van der Waals surface area contributed by atoms with Crippen molar-refractivity contribution in [3.8, 4) is 5.88 Å². The van der Waals surface area contributed by atoms with E-state index in [1.165, 1.54) is 32.1 Å². The SMILES string of the molecule is CN=C(NCc1ccnc(OCC2CC2)c1)N(C)CCC1CCOCC1. The Labute approximate surface area is 157 Å². The maximum Gasteiger partial charge on any atom is 0.213 e. The molecule has 0 unspecified atom stereocenters. The van der Waals surface area contributed by atoms with E-state index in [1.807, 2.05) is 25.4 Å². The van der Waals surface area contributed by atoms with E-state index in [9.17, 15) is 0 Å². The fourth-order valence-electron chi connectivity index (χ4n) is 3.21. The topological polar surface area (TPSA) is 59.0 Å². The molecule has 2 fully saturated rings. The van der Waals surface area contributed by atoms with Gasteiger partial charge in [-0.3, -0.25) is 4.99 Å². The summed E-state index contributed by atoms with van der Waals surface area (Å²) in [4.78, 5) is 10.9. The van der Waals surface area contributed by atoms with E-state index in [1.54, 1.807) is 0 Å². The Morgan fingerprint density at radius 2 is 2.12 bits per heavy atom. The Morgan fingerprint density at radius 3 is 2.85 bits per heavy atom. The van der Waals surface area contributed by atoms with Crippen molar-refractivity contribution < 1.29 is 9.47 Å². The third-order valence-corrected chi connectivity index (χ3v) is 5.20. The smallest absolute Gasteiger partial charge is 0.213 e. The summed E-state index contributed by atoms with van der Waals surface area (Å²) in [6.45, 7) is 4.34. The lowest BCUT2D eigenvalue weighted by atomic mass is 9.96. The number of ether oxygens (including phenoxy) is 2. The fourth-order valence-corrected chi connectivity index (χ4v) is 3.21. The zero-order valence-electron chi connectivity index (χ0n) is 16.1. The van der Waals surface area contributed by atoms with Crippen LogP contribution in [-0.2, 0) is 11.3 Å². The van der Waals surface area contributed by atoms with E-state index >= 15 is 0 Å². The second-order valence-corrected chi connectivity index (χ2v) is 7.42. The zero-order chi connectivity index (χ0) is 18.2. The third-order valence-electron chi connectivity index (χ3n) is 5.20. The lowest BCUT2D eigenvalue weighted by molar-refractivity contribution is 0.0625. The Hall–Kier alpha value is -1.82. The van der Waals surface area contributed by atoms with Gasteiger partial charge in [-0.1, -0.05) is 0 Å². The number of nitrogens with one attached hydrogen (secondary N) is 1. The van der Waals surface area contributed by atoms with Gasteiger partial charge in [-0.15, -0.1) is 0 Å².